The first kappa shape index (κ1) is 18.4. The van der Waals surface area contributed by atoms with Crippen molar-refractivity contribution in [2.24, 2.45) is 5.73 Å². The van der Waals surface area contributed by atoms with Crippen LogP contribution in [0.15, 0.2) is 67.0 Å². The molecule has 0 saturated carbocycles. The molecule has 1 saturated heterocycles. The Balaban J connectivity index is 1.57. The van der Waals surface area contributed by atoms with Gasteiger partial charge in [-0.1, -0.05) is 42.5 Å². The standard InChI is InChI=1S/C22H24N4O2/c23-13-21(27)26-12-11-25(15-22(26)28-16-17-5-2-1-3-6-17)20-8-4-7-18-14-24-10-9-19(18)20/h1-10,14,22H,11-13,15-16,23H2. The van der Waals surface area contributed by atoms with Crippen molar-refractivity contribution in [3.63, 3.8) is 0 Å². The molecule has 2 N–H and O–H groups in total. The van der Waals surface area contributed by atoms with E-state index in [1.54, 1.807) is 4.90 Å². The second-order valence-corrected chi connectivity index (χ2v) is 6.86. The largest absolute Gasteiger partial charge is 0.365 e. The summed E-state index contributed by atoms with van der Waals surface area (Å²) in [6.45, 7) is 2.35. The Morgan fingerprint density at radius 2 is 1.96 bits per heavy atom. The number of pyridine rings is 1. The van der Waals surface area contributed by atoms with Gasteiger partial charge < -0.3 is 20.3 Å². The molecule has 0 radical (unpaired) electrons. The minimum atomic E-state index is -0.345. The van der Waals surface area contributed by atoms with Crippen LogP contribution in [0.25, 0.3) is 10.8 Å². The second kappa shape index (κ2) is 8.37. The van der Waals surface area contributed by atoms with E-state index in [-0.39, 0.29) is 18.7 Å². The lowest BCUT2D eigenvalue weighted by atomic mass is 10.1. The summed E-state index contributed by atoms with van der Waals surface area (Å²) in [5.74, 6) is -0.0835. The number of piperazine rings is 1. The molecular weight excluding hydrogens is 352 g/mol. The number of nitrogens with zero attached hydrogens (tertiary/aromatic N) is 3. The van der Waals surface area contributed by atoms with E-state index in [0.717, 1.165) is 28.6 Å². The lowest BCUT2D eigenvalue weighted by Gasteiger charge is -2.42. The van der Waals surface area contributed by atoms with Gasteiger partial charge >= 0.3 is 0 Å². The van der Waals surface area contributed by atoms with E-state index >= 15 is 0 Å². The topological polar surface area (TPSA) is 71.7 Å². The molecule has 1 unspecified atom stereocenters. The van der Waals surface area contributed by atoms with E-state index in [2.05, 4.69) is 22.0 Å². The number of hydrogen-bond acceptors (Lipinski definition) is 5. The molecule has 2 aromatic carbocycles. The Morgan fingerprint density at radius 3 is 2.79 bits per heavy atom. The van der Waals surface area contributed by atoms with Gasteiger partial charge in [-0.15, -0.1) is 0 Å². The summed E-state index contributed by atoms with van der Waals surface area (Å²) in [7, 11) is 0. The molecule has 6 heteroatoms. The van der Waals surface area contributed by atoms with Gasteiger partial charge in [-0.2, -0.15) is 0 Å². The molecule has 0 aliphatic carbocycles. The number of ether oxygens (including phenoxy) is 1. The van der Waals surface area contributed by atoms with Crippen LogP contribution >= 0.6 is 0 Å². The van der Waals surface area contributed by atoms with Crippen LogP contribution in [0.2, 0.25) is 0 Å². The average molecular weight is 376 g/mol. The Bertz CT molecular complexity index is 942. The lowest BCUT2D eigenvalue weighted by molar-refractivity contribution is -0.147. The molecule has 3 aromatic rings. The highest BCUT2D eigenvalue weighted by atomic mass is 16.5. The first-order chi connectivity index (χ1) is 13.8. The number of aromatic nitrogens is 1. The van der Waals surface area contributed by atoms with Crippen LogP contribution in [0.4, 0.5) is 5.69 Å². The smallest absolute Gasteiger partial charge is 0.238 e. The van der Waals surface area contributed by atoms with Crippen molar-refractivity contribution < 1.29 is 9.53 Å². The van der Waals surface area contributed by atoms with Crippen LogP contribution in [-0.4, -0.2) is 48.2 Å². The first-order valence-electron chi connectivity index (χ1n) is 9.49. The van der Waals surface area contributed by atoms with Crippen molar-refractivity contribution in [2.45, 2.75) is 12.8 Å². The fraction of sp³-hybridized carbons (Fsp3) is 0.273. The SMILES string of the molecule is NCC(=O)N1CCN(c2cccc3cnccc23)CC1OCc1ccccc1. The zero-order valence-electron chi connectivity index (χ0n) is 15.7. The highest BCUT2D eigenvalue weighted by Crippen LogP contribution is 2.28. The quantitative estimate of drug-likeness (QED) is 0.740. The van der Waals surface area contributed by atoms with Crippen molar-refractivity contribution in [2.75, 3.05) is 31.1 Å². The highest BCUT2D eigenvalue weighted by molar-refractivity contribution is 5.93. The van der Waals surface area contributed by atoms with Crippen molar-refractivity contribution in [1.29, 1.82) is 0 Å². The van der Waals surface area contributed by atoms with Crippen LogP contribution in [0.5, 0.6) is 0 Å². The van der Waals surface area contributed by atoms with Gasteiger partial charge in [-0.3, -0.25) is 9.78 Å². The molecule has 28 heavy (non-hydrogen) atoms. The van der Waals surface area contributed by atoms with E-state index in [1.807, 2.05) is 54.9 Å². The fourth-order valence-corrected chi connectivity index (χ4v) is 3.66. The molecule has 1 aliphatic rings. The van der Waals surface area contributed by atoms with E-state index < -0.39 is 0 Å². The average Bonchev–Trinajstić information content (AvgIpc) is 2.77. The van der Waals surface area contributed by atoms with Crippen molar-refractivity contribution in [3.05, 3.63) is 72.6 Å². The van der Waals surface area contributed by atoms with Gasteiger partial charge in [-0.05, 0) is 17.7 Å². The van der Waals surface area contributed by atoms with Crippen LogP contribution < -0.4 is 10.6 Å². The number of rotatable bonds is 5. The molecule has 1 atom stereocenters. The molecule has 6 nitrogen and oxygen atoms in total. The molecular formula is C22H24N4O2. The van der Waals surface area contributed by atoms with Gasteiger partial charge in [0.05, 0.1) is 19.7 Å². The normalized spacial score (nSPS) is 17.1. The third-order valence-corrected chi connectivity index (χ3v) is 5.11. The summed E-state index contributed by atoms with van der Waals surface area (Å²) >= 11 is 0. The number of nitrogens with two attached hydrogens (primary N) is 1. The van der Waals surface area contributed by atoms with Gasteiger partial charge in [0, 0.05) is 41.9 Å². The van der Waals surface area contributed by atoms with E-state index in [1.165, 1.54) is 0 Å². The maximum absolute atomic E-state index is 12.3. The third-order valence-electron chi connectivity index (χ3n) is 5.11. The molecule has 0 bridgehead atoms. The number of benzene rings is 2. The number of hydrogen-bond donors (Lipinski definition) is 1. The minimum absolute atomic E-state index is 0.00880. The molecule has 2 heterocycles. The maximum Gasteiger partial charge on any atom is 0.238 e. The van der Waals surface area contributed by atoms with Crippen LogP contribution in [-0.2, 0) is 16.1 Å². The second-order valence-electron chi connectivity index (χ2n) is 6.86. The lowest BCUT2D eigenvalue weighted by Crippen LogP contribution is -2.57. The predicted octanol–water partition coefficient (Wildman–Crippen LogP) is 2.38. The molecule has 1 amide bonds. The maximum atomic E-state index is 12.3. The summed E-state index contributed by atoms with van der Waals surface area (Å²) < 4.78 is 6.16. The summed E-state index contributed by atoms with van der Waals surface area (Å²) in [6, 6.07) is 18.2. The fourth-order valence-electron chi connectivity index (χ4n) is 3.66. The predicted molar refractivity (Wildman–Crippen MR) is 110 cm³/mol. The van der Waals surface area contributed by atoms with E-state index in [4.69, 9.17) is 10.5 Å². The number of carbonyl (C=O) groups is 1. The number of amides is 1. The highest BCUT2D eigenvalue weighted by Gasteiger charge is 2.31. The minimum Gasteiger partial charge on any atom is -0.365 e. The van der Waals surface area contributed by atoms with Gasteiger partial charge in [0.1, 0.15) is 6.23 Å². The molecule has 144 valence electrons. The molecule has 0 spiro atoms. The number of anilines is 1. The molecule has 1 aliphatic heterocycles. The summed E-state index contributed by atoms with van der Waals surface area (Å²) in [5, 5.41) is 2.25. The van der Waals surface area contributed by atoms with Gasteiger partial charge in [0.15, 0.2) is 0 Å². The summed E-state index contributed by atoms with van der Waals surface area (Å²) in [4.78, 5) is 20.6. The molecule has 1 aromatic heterocycles. The number of fused-ring (bicyclic) bond motifs is 1. The van der Waals surface area contributed by atoms with Gasteiger partial charge in [-0.25, -0.2) is 0 Å². The van der Waals surface area contributed by atoms with Gasteiger partial charge in [0.25, 0.3) is 0 Å². The van der Waals surface area contributed by atoms with Crippen LogP contribution in [0.3, 0.4) is 0 Å². The van der Waals surface area contributed by atoms with Gasteiger partial charge in [0.2, 0.25) is 5.91 Å². The van der Waals surface area contributed by atoms with Crippen molar-refractivity contribution in [3.8, 4) is 0 Å². The molecule has 4 rings (SSSR count). The van der Waals surface area contributed by atoms with Crippen molar-refractivity contribution >= 4 is 22.4 Å². The van der Waals surface area contributed by atoms with Crippen molar-refractivity contribution in [1.82, 2.24) is 9.88 Å². The third kappa shape index (κ3) is 3.83. The Morgan fingerprint density at radius 1 is 1.11 bits per heavy atom. The summed E-state index contributed by atoms with van der Waals surface area (Å²) in [6.07, 6.45) is 3.34. The monoisotopic (exact) mass is 376 g/mol. The van der Waals surface area contributed by atoms with E-state index in [0.29, 0.717) is 19.7 Å². The number of carbonyl (C=O) groups excluding carboxylic acids is 1. The Hall–Kier alpha value is -2.96. The Kier molecular flexibility index (Phi) is 5.50. The zero-order valence-corrected chi connectivity index (χ0v) is 15.7. The molecule has 1 fully saturated rings. The van der Waals surface area contributed by atoms with Crippen LogP contribution in [0.1, 0.15) is 5.56 Å². The first-order valence-corrected chi connectivity index (χ1v) is 9.49. The summed E-state index contributed by atoms with van der Waals surface area (Å²) in [5.41, 5.74) is 7.84. The zero-order chi connectivity index (χ0) is 19.3. The van der Waals surface area contributed by atoms with Crippen LogP contribution in [0, 0.1) is 0 Å². The Labute approximate surface area is 164 Å². The van der Waals surface area contributed by atoms with E-state index in [9.17, 15) is 4.79 Å².